The van der Waals surface area contributed by atoms with Gasteiger partial charge in [0.2, 0.25) is 0 Å². The zero-order valence-corrected chi connectivity index (χ0v) is 19.1. The summed E-state index contributed by atoms with van der Waals surface area (Å²) in [4.78, 5) is 12.4. The highest BCUT2D eigenvalue weighted by atomic mass is 16.6. The Kier molecular flexibility index (Phi) is 12.0. The van der Waals surface area contributed by atoms with Gasteiger partial charge in [-0.1, -0.05) is 82.2 Å². The summed E-state index contributed by atoms with van der Waals surface area (Å²) in [5, 5.41) is 33.0. The first kappa shape index (κ1) is 26.5. The van der Waals surface area contributed by atoms with Crippen LogP contribution in [-0.2, 0) is 16.1 Å². The van der Waals surface area contributed by atoms with E-state index in [4.69, 9.17) is 15.2 Å². The monoisotopic (exact) mass is 452 g/mol. The third-order valence-electron chi connectivity index (χ3n) is 6.02. The van der Waals surface area contributed by atoms with E-state index in [-0.39, 0.29) is 6.61 Å². The highest BCUT2D eigenvalue weighted by Gasteiger charge is 2.47. The predicted molar refractivity (Wildman–Crippen MR) is 122 cm³/mol. The van der Waals surface area contributed by atoms with Gasteiger partial charge in [-0.15, -0.1) is 0 Å². The number of ether oxygens (including phenoxy) is 2. The molecule has 0 spiro atoms. The number of amides is 1. The Morgan fingerprint density at radius 1 is 1.09 bits per heavy atom. The maximum atomic E-state index is 12.4. The minimum atomic E-state index is -1.35. The zero-order valence-electron chi connectivity index (χ0n) is 19.1. The Labute approximate surface area is 191 Å². The van der Waals surface area contributed by atoms with E-state index in [1.54, 1.807) is 0 Å². The number of unbranched alkanes of at least 4 members (excludes halogenated alkanes) is 6. The van der Waals surface area contributed by atoms with Gasteiger partial charge in [0.1, 0.15) is 24.9 Å². The SMILES string of the molecule is CCCCCCCCCC(N)[C@@H]1O[C@H](CO)[C@H](O)[C@H](O)[C@H]1NC(=O)OCc1ccccc1. The molecular formula is C24H40N2O6. The molecule has 1 aromatic rings. The van der Waals surface area contributed by atoms with Gasteiger partial charge in [0.05, 0.1) is 18.8 Å². The van der Waals surface area contributed by atoms with E-state index in [2.05, 4.69) is 12.2 Å². The lowest BCUT2D eigenvalue weighted by Crippen LogP contribution is -2.67. The molecule has 0 radical (unpaired) electrons. The molecule has 1 aromatic carbocycles. The summed E-state index contributed by atoms with van der Waals surface area (Å²) in [7, 11) is 0. The molecule has 6 N–H and O–H groups in total. The van der Waals surface area contributed by atoms with E-state index in [0.717, 1.165) is 24.8 Å². The van der Waals surface area contributed by atoms with Crippen molar-refractivity contribution in [3.63, 3.8) is 0 Å². The Bertz CT molecular complexity index is 647. The van der Waals surface area contributed by atoms with Crippen molar-refractivity contribution >= 4 is 6.09 Å². The molecule has 1 fully saturated rings. The van der Waals surface area contributed by atoms with Crippen LogP contribution in [0.3, 0.4) is 0 Å². The van der Waals surface area contributed by atoms with Crippen LogP contribution in [0, 0.1) is 0 Å². The lowest BCUT2D eigenvalue weighted by Gasteiger charge is -2.44. The maximum Gasteiger partial charge on any atom is 0.407 e. The van der Waals surface area contributed by atoms with Crippen LogP contribution in [0.15, 0.2) is 30.3 Å². The number of rotatable bonds is 13. The quantitative estimate of drug-likeness (QED) is 0.290. The minimum Gasteiger partial charge on any atom is -0.445 e. The Balaban J connectivity index is 1.90. The van der Waals surface area contributed by atoms with E-state index in [9.17, 15) is 20.1 Å². The lowest BCUT2D eigenvalue weighted by molar-refractivity contribution is -0.198. The fraction of sp³-hybridized carbons (Fsp3) is 0.708. The first-order valence-electron chi connectivity index (χ1n) is 11.8. The molecule has 182 valence electrons. The van der Waals surface area contributed by atoms with E-state index in [1.165, 1.54) is 25.7 Å². The normalized spacial score (nSPS) is 26.5. The van der Waals surface area contributed by atoms with Crippen molar-refractivity contribution < 1.29 is 29.6 Å². The molecule has 2 rings (SSSR count). The summed E-state index contributed by atoms with van der Waals surface area (Å²) < 4.78 is 11.1. The van der Waals surface area contributed by atoms with Crippen LogP contribution in [0.25, 0.3) is 0 Å². The van der Waals surface area contributed by atoms with E-state index >= 15 is 0 Å². The van der Waals surface area contributed by atoms with Gasteiger partial charge in [-0.25, -0.2) is 4.79 Å². The van der Waals surface area contributed by atoms with Gasteiger partial charge in [-0.2, -0.15) is 0 Å². The molecule has 0 saturated carbocycles. The molecule has 6 atom stereocenters. The van der Waals surface area contributed by atoms with E-state index in [0.29, 0.717) is 6.42 Å². The summed E-state index contributed by atoms with van der Waals surface area (Å²) in [6.07, 6.45) is 3.54. The van der Waals surface area contributed by atoms with Crippen LogP contribution in [0.5, 0.6) is 0 Å². The maximum absolute atomic E-state index is 12.4. The first-order valence-corrected chi connectivity index (χ1v) is 11.8. The molecule has 1 amide bonds. The molecule has 1 heterocycles. The van der Waals surface area contributed by atoms with Gasteiger partial charge < -0.3 is 35.8 Å². The number of hydrogen-bond donors (Lipinski definition) is 5. The Morgan fingerprint density at radius 2 is 1.75 bits per heavy atom. The van der Waals surface area contributed by atoms with Crippen LogP contribution in [0.1, 0.15) is 63.9 Å². The number of carbonyl (C=O) groups is 1. The second-order valence-corrected chi connectivity index (χ2v) is 8.61. The fourth-order valence-corrected chi connectivity index (χ4v) is 4.08. The smallest absolute Gasteiger partial charge is 0.407 e. The van der Waals surface area contributed by atoms with Crippen molar-refractivity contribution in [1.29, 1.82) is 0 Å². The molecule has 0 bridgehead atoms. The van der Waals surface area contributed by atoms with Crippen LogP contribution < -0.4 is 11.1 Å². The van der Waals surface area contributed by atoms with Gasteiger partial charge >= 0.3 is 6.09 Å². The standard InChI is InChI=1S/C24H40N2O6/c1-2-3-4-5-6-7-11-14-18(25)23-20(22(29)21(28)19(15-27)32-23)26-24(30)31-16-17-12-9-8-10-13-17/h8-10,12-13,18-23,27-29H,2-7,11,14-16,25H2,1H3,(H,26,30)/t18?,19-,20-,21+,22-,23+/m1/s1. The minimum absolute atomic E-state index is 0.0763. The van der Waals surface area contributed by atoms with Gasteiger partial charge in [-0.3, -0.25) is 0 Å². The zero-order chi connectivity index (χ0) is 23.3. The molecule has 0 aliphatic carbocycles. The molecule has 32 heavy (non-hydrogen) atoms. The number of carbonyl (C=O) groups excluding carboxylic acids is 1. The van der Waals surface area contributed by atoms with Crippen molar-refractivity contribution in [1.82, 2.24) is 5.32 Å². The predicted octanol–water partition coefficient (Wildman–Crippen LogP) is 2.23. The number of alkyl carbamates (subject to hydrolysis) is 1. The number of nitrogens with one attached hydrogen (secondary N) is 1. The topological polar surface area (TPSA) is 134 Å². The van der Waals surface area contributed by atoms with Crippen molar-refractivity contribution in [2.24, 2.45) is 5.73 Å². The summed E-state index contributed by atoms with van der Waals surface area (Å²) in [5.74, 6) is 0. The third-order valence-corrected chi connectivity index (χ3v) is 6.02. The molecule has 1 aliphatic rings. The van der Waals surface area contributed by atoms with Crippen LogP contribution in [-0.4, -0.2) is 64.5 Å². The number of nitrogens with two attached hydrogens (primary N) is 1. The fourth-order valence-electron chi connectivity index (χ4n) is 4.08. The largest absolute Gasteiger partial charge is 0.445 e. The highest BCUT2D eigenvalue weighted by molar-refractivity contribution is 5.67. The van der Waals surface area contributed by atoms with Crippen LogP contribution in [0.4, 0.5) is 4.79 Å². The lowest BCUT2D eigenvalue weighted by atomic mass is 9.87. The molecule has 1 aliphatic heterocycles. The van der Waals surface area contributed by atoms with Gasteiger partial charge in [-0.05, 0) is 12.0 Å². The summed E-state index contributed by atoms with van der Waals surface area (Å²) in [5.41, 5.74) is 7.20. The average Bonchev–Trinajstić information content (AvgIpc) is 2.81. The van der Waals surface area contributed by atoms with Gasteiger partial charge in [0.15, 0.2) is 0 Å². The first-order chi connectivity index (χ1) is 15.5. The van der Waals surface area contributed by atoms with Crippen molar-refractivity contribution in [2.45, 2.75) is 101 Å². The van der Waals surface area contributed by atoms with Gasteiger partial charge in [0.25, 0.3) is 0 Å². The Hall–Kier alpha value is -1.71. The molecule has 8 nitrogen and oxygen atoms in total. The molecule has 8 heteroatoms. The highest BCUT2D eigenvalue weighted by Crippen LogP contribution is 2.25. The Morgan fingerprint density at radius 3 is 2.41 bits per heavy atom. The number of aliphatic hydroxyl groups is 3. The number of benzene rings is 1. The van der Waals surface area contributed by atoms with Crippen LogP contribution >= 0.6 is 0 Å². The number of aliphatic hydroxyl groups excluding tert-OH is 3. The average molecular weight is 453 g/mol. The van der Waals surface area contributed by atoms with Crippen molar-refractivity contribution in [2.75, 3.05) is 6.61 Å². The van der Waals surface area contributed by atoms with Crippen molar-refractivity contribution in [3.8, 4) is 0 Å². The second kappa shape index (κ2) is 14.4. The summed E-state index contributed by atoms with van der Waals surface area (Å²) >= 11 is 0. The van der Waals surface area contributed by atoms with E-state index in [1.807, 2.05) is 30.3 Å². The second-order valence-electron chi connectivity index (χ2n) is 8.61. The molecule has 0 aromatic heterocycles. The molecule has 1 unspecified atom stereocenters. The third kappa shape index (κ3) is 8.33. The van der Waals surface area contributed by atoms with Crippen LogP contribution in [0.2, 0.25) is 0 Å². The summed E-state index contributed by atoms with van der Waals surface area (Å²) in [6.45, 7) is 1.81. The van der Waals surface area contributed by atoms with Gasteiger partial charge in [0, 0.05) is 6.04 Å². The van der Waals surface area contributed by atoms with E-state index < -0.39 is 49.2 Å². The summed E-state index contributed by atoms with van der Waals surface area (Å²) in [6, 6.07) is 7.82. The molecule has 1 saturated heterocycles. The van der Waals surface area contributed by atoms with Crippen molar-refractivity contribution in [3.05, 3.63) is 35.9 Å². The number of hydrogen-bond acceptors (Lipinski definition) is 7. The molecular weight excluding hydrogens is 412 g/mol.